The molecule has 0 unspecified atom stereocenters. The molecule has 24 heavy (non-hydrogen) atoms. The molecule has 0 aromatic heterocycles. The molecule has 1 saturated heterocycles. The zero-order valence-electron chi connectivity index (χ0n) is 15.0. The molecular formula is C19H29BrN2O2. The molecule has 0 spiro atoms. The van der Waals surface area contributed by atoms with Crippen molar-refractivity contribution in [2.75, 3.05) is 26.3 Å². The van der Waals surface area contributed by atoms with Crippen LogP contribution in [0.3, 0.4) is 0 Å². The first kappa shape index (κ1) is 18.0. The third-order valence-corrected chi connectivity index (χ3v) is 5.49. The van der Waals surface area contributed by atoms with Crippen LogP contribution in [0.1, 0.15) is 45.6 Å². The number of nitrogens with zero attached hydrogens (tertiary/aromatic N) is 1. The standard InChI is InChI=1S/C19H29BrN2O2/c1-19(2,3)22-7-5-15(6-8-22)21-13-14-11-16(20)18-17(12-14)23-9-4-10-24-18/h11-12,15,21H,4-10,13H2,1-3H3. The lowest BCUT2D eigenvalue weighted by Crippen LogP contribution is -2.49. The summed E-state index contributed by atoms with van der Waals surface area (Å²) in [6.07, 6.45) is 3.35. The minimum Gasteiger partial charge on any atom is -0.490 e. The van der Waals surface area contributed by atoms with Crippen molar-refractivity contribution < 1.29 is 9.47 Å². The Labute approximate surface area is 154 Å². The lowest BCUT2D eigenvalue weighted by molar-refractivity contribution is 0.0960. The average molecular weight is 397 g/mol. The molecule has 1 aromatic carbocycles. The summed E-state index contributed by atoms with van der Waals surface area (Å²) in [6, 6.07) is 4.85. The molecule has 3 rings (SSSR count). The third-order valence-electron chi connectivity index (χ3n) is 4.90. The van der Waals surface area contributed by atoms with Crippen molar-refractivity contribution in [1.29, 1.82) is 0 Å². The summed E-state index contributed by atoms with van der Waals surface area (Å²) in [5.41, 5.74) is 1.52. The van der Waals surface area contributed by atoms with Gasteiger partial charge < -0.3 is 14.8 Å². The van der Waals surface area contributed by atoms with Crippen molar-refractivity contribution in [3.05, 3.63) is 22.2 Å². The molecule has 5 heteroatoms. The van der Waals surface area contributed by atoms with Crippen LogP contribution in [0, 0.1) is 0 Å². The normalized spacial score (nSPS) is 20.0. The van der Waals surface area contributed by atoms with Gasteiger partial charge in [0.15, 0.2) is 11.5 Å². The monoisotopic (exact) mass is 396 g/mol. The molecule has 0 amide bonds. The Morgan fingerprint density at radius 2 is 1.88 bits per heavy atom. The first-order valence-corrected chi connectivity index (χ1v) is 9.79. The van der Waals surface area contributed by atoms with Gasteiger partial charge in [-0.05, 0) is 67.2 Å². The van der Waals surface area contributed by atoms with E-state index in [4.69, 9.17) is 9.47 Å². The number of hydrogen-bond acceptors (Lipinski definition) is 4. The van der Waals surface area contributed by atoms with Gasteiger partial charge >= 0.3 is 0 Å². The molecule has 134 valence electrons. The molecule has 0 saturated carbocycles. The quantitative estimate of drug-likeness (QED) is 0.837. The molecular weight excluding hydrogens is 368 g/mol. The van der Waals surface area contributed by atoms with Gasteiger partial charge in [0.25, 0.3) is 0 Å². The van der Waals surface area contributed by atoms with E-state index in [0.717, 1.165) is 42.2 Å². The van der Waals surface area contributed by atoms with Gasteiger partial charge in [-0.15, -0.1) is 0 Å². The topological polar surface area (TPSA) is 33.7 Å². The Kier molecular flexibility index (Phi) is 5.73. The summed E-state index contributed by atoms with van der Waals surface area (Å²) >= 11 is 3.62. The first-order chi connectivity index (χ1) is 11.4. The highest BCUT2D eigenvalue weighted by Crippen LogP contribution is 2.38. The summed E-state index contributed by atoms with van der Waals surface area (Å²) in [5, 5.41) is 3.72. The maximum absolute atomic E-state index is 5.82. The predicted molar refractivity (Wildman–Crippen MR) is 101 cm³/mol. The van der Waals surface area contributed by atoms with Gasteiger partial charge in [0.05, 0.1) is 17.7 Å². The summed E-state index contributed by atoms with van der Waals surface area (Å²) in [6.45, 7) is 11.6. The number of ether oxygens (including phenoxy) is 2. The highest BCUT2D eigenvalue weighted by Gasteiger charge is 2.26. The van der Waals surface area contributed by atoms with E-state index in [9.17, 15) is 0 Å². The SMILES string of the molecule is CC(C)(C)N1CCC(NCc2cc(Br)c3c(c2)OCCCO3)CC1. The van der Waals surface area contributed by atoms with Gasteiger partial charge in [-0.3, -0.25) is 4.90 Å². The third kappa shape index (κ3) is 4.44. The largest absolute Gasteiger partial charge is 0.490 e. The maximum atomic E-state index is 5.82. The minimum atomic E-state index is 0.282. The van der Waals surface area contributed by atoms with Crippen molar-refractivity contribution >= 4 is 15.9 Å². The van der Waals surface area contributed by atoms with Crippen LogP contribution in [0.4, 0.5) is 0 Å². The molecule has 4 nitrogen and oxygen atoms in total. The lowest BCUT2D eigenvalue weighted by atomic mass is 9.98. The van der Waals surface area contributed by atoms with Crippen molar-refractivity contribution in [2.24, 2.45) is 0 Å². The van der Waals surface area contributed by atoms with Gasteiger partial charge in [0.2, 0.25) is 0 Å². The fourth-order valence-corrected chi connectivity index (χ4v) is 4.01. The van der Waals surface area contributed by atoms with E-state index in [-0.39, 0.29) is 5.54 Å². The lowest BCUT2D eigenvalue weighted by Gasteiger charge is -2.41. The summed E-state index contributed by atoms with van der Waals surface area (Å²) in [7, 11) is 0. The molecule has 1 N–H and O–H groups in total. The van der Waals surface area contributed by atoms with Gasteiger partial charge in [0.1, 0.15) is 0 Å². The second-order valence-corrected chi connectivity index (χ2v) is 8.62. The fourth-order valence-electron chi connectivity index (χ4n) is 3.40. The second-order valence-electron chi connectivity index (χ2n) is 7.77. The fraction of sp³-hybridized carbons (Fsp3) is 0.684. The Balaban J connectivity index is 1.56. The highest BCUT2D eigenvalue weighted by atomic mass is 79.9. The van der Waals surface area contributed by atoms with Crippen LogP contribution < -0.4 is 14.8 Å². The Morgan fingerprint density at radius 3 is 2.58 bits per heavy atom. The Hall–Kier alpha value is -0.780. The molecule has 1 fully saturated rings. The molecule has 0 bridgehead atoms. The Bertz CT molecular complexity index is 563. The van der Waals surface area contributed by atoms with Crippen LogP contribution in [0.5, 0.6) is 11.5 Å². The minimum absolute atomic E-state index is 0.282. The number of rotatable bonds is 3. The number of nitrogens with one attached hydrogen (secondary N) is 1. The van der Waals surface area contributed by atoms with Crippen LogP contribution in [-0.2, 0) is 6.54 Å². The van der Waals surface area contributed by atoms with Crippen LogP contribution in [0.2, 0.25) is 0 Å². The van der Waals surface area contributed by atoms with E-state index >= 15 is 0 Å². The first-order valence-electron chi connectivity index (χ1n) is 9.00. The number of benzene rings is 1. The smallest absolute Gasteiger partial charge is 0.175 e. The van der Waals surface area contributed by atoms with Crippen LogP contribution in [0.15, 0.2) is 16.6 Å². The molecule has 2 heterocycles. The molecule has 2 aliphatic rings. The second kappa shape index (κ2) is 7.63. The number of halogens is 1. The van der Waals surface area contributed by atoms with Gasteiger partial charge in [0, 0.05) is 37.6 Å². The van der Waals surface area contributed by atoms with E-state index < -0.39 is 0 Å². The number of piperidine rings is 1. The van der Waals surface area contributed by atoms with E-state index in [1.165, 1.54) is 31.5 Å². The summed E-state index contributed by atoms with van der Waals surface area (Å²) in [5.74, 6) is 1.70. The van der Waals surface area contributed by atoms with E-state index in [0.29, 0.717) is 6.04 Å². The van der Waals surface area contributed by atoms with Crippen molar-refractivity contribution in [2.45, 2.75) is 58.2 Å². The van der Waals surface area contributed by atoms with Crippen molar-refractivity contribution in [3.63, 3.8) is 0 Å². The van der Waals surface area contributed by atoms with E-state index in [1.54, 1.807) is 0 Å². The number of likely N-dealkylation sites (tertiary alicyclic amines) is 1. The highest BCUT2D eigenvalue weighted by molar-refractivity contribution is 9.10. The van der Waals surface area contributed by atoms with Gasteiger partial charge in [-0.25, -0.2) is 0 Å². The molecule has 0 radical (unpaired) electrons. The zero-order chi connectivity index (χ0) is 17.2. The molecule has 0 aliphatic carbocycles. The van der Waals surface area contributed by atoms with Crippen molar-refractivity contribution in [3.8, 4) is 11.5 Å². The summed E-state index contributed by atoms with van der Waals surface area (Å²) in [4.78, 5) is 2.58. The molecule has 2 aliphatic heterocycles. The van der Waals surface area contributed by atoms with Crippen LogP contribution >= 0.6 is 15.9 Å². The summed E-state index contributed by atoms with van der Waals surface area (Å²) < 4.78 is 12.6. The van der Waals surface area contributed by atoms with Gasteiger partial charge in [-0.1, -0.05) is 0 Å². The molecule has 1 aromatic rings. The maximum Gasteiger partial charge on any atom is 0.175 e. The number of hydrogen-bond donors (Lipinski definition) is 1. The van der Waals surface area contributed by atoms with Gasteiger partial charge in [-0.2, -0.15) is 0 Å². The zero-order valence-corrected chi connectivity index (χ0v) is 16.6. The average Bonchev–Trinajstić information content (AvgIpc) is 2.78. The van der Waals surface area contributed by atoms with E-state index in [2.05, 4.69) is 59.1 Å². The Morgan fingerprint density at radius 1 is 1.17 bits per heavy atom. The number of fused-ring (bicyclic) bond motifs is 1. The van der Waals surface area contributed by atoms with E-state index in [1.807, 2.05) is 0 Å². The van der Waals surface area contributed by atoms with Crippen LogP contribution in [-0.4, -0.2) is 42.8 Å². The van der Waals surface area contributed by atoms with Crippen LogP contribution in [0.25, 0.3) is 0 Å². The molecule has 0 atom stereocenters. The van der Waals surface area contributed by atoms with Crippen molar-refractivity contribution in [1.82, 2.24) is 10.2 Å². The predicted octanol–water partition coefficient (Wildman–Crippen LogP) is 3.96.